The maximum Gasteiger partial charge on any atom is 0.240 e. The van der Waals surface area contributed by atoms with Crippen LogP contribution in [0.15, 0.2) is 23.1 Å². The molecule has 2 aliphatic rings. The van der Waals surface area contributed by atoms with E-state index < -0.39 is 10.0 Å². The van der Waals surface area contributed by atoms with Gasteiger partial charge < -0.3 is 14.8 Å². The first-order valence-corrected chi connectivity index (χ1v) is 10.2. The van der Waals surface area contributed by atoms with Crippen molar-refractivity contribution < 1.29 is 17.9 Å². The van der Waals surface area contributed by atoms with Crippen LogP contribution in [0.3, 0.4) is 0 Å². The van der Waals surface area contributed by atoms with Gasteiger partial charge in [-0.05, 0) is 51.7 Å². The van der Waals surface area contributed by atoms with Crippen LogP contribution >= 0.6 is 12.4 Å². The van der Waals surface area contributed by atoms with Gasteiger partial charge in [0.1, 0.15) is 0 Å². The highest BCUT2D eigenvalue weighted by Crippen LogP contribution is 2.31. The van der Waals surface area contributed by atoms with Crippen molar-refractivity contribution in [3.05, 3.63) is 18.2 Å². The fourth-order valence-corrected chi connectivity index (χ4v) is 4.92. The highest BCUT2D eigenvalue weighted by Gasteiger charge is 2.35. The molecule has 0 aliphatic carbocycles. The maximum atomic E-state index is 12.7. The van der Waals surface area contributed by atoms with E-state index in [-0.39, 0.29) is 23.3 Å². The molecule has 2 atom stereocenters. The minimum Gasteiger partial charge on any atom is -0.490 e. The van der Waals surface area contributed by atoms with Gasteiger partial charge in [-0.15, -0.1) is 12.4 Å². The van der Waals surface area contributed by atoms with Gasteiger partial charge in [-0.25, -0.2) is 13.1 Å². The lowest BCUT2D eigenvalue weighted by atomic mass is 10.0. The molecule has 8 heteroatoms. The van der Waals surface area contributed by atoms with Gasteiger partial charge in [0.05, 0.1) is 18.1 Å². The Kier molecular flexibility index (Phi) is 6.96. The predicted molar refractivity (Wildman–Crippen MR) is 99.3 cm³/mol. The Bertz CT molecular complexity index is 671. The minimum atomic E-state index is -3.56. The van der Waals surface area contributed by atoms with Crippen molar-refractivity contribution >= 4 is 22.4 Å². The number of halogens is 1. The Balaban J connectivity index is 0.00000225. The van der Waals surface area contributed by atoms with Gasteiger partial charge in [-0.3, -0.25) is 0 Å². The lowest BCUT2D eigenvalue weighted by molar-refractivity contribution is 0.287. The van der Waals surface area contributed by atoms with Gasteiger partial charge in [0.25, 0.3) is 0 Å². The molecule has 0 saturated carbocycles. The second-order valence-electron chi connectivity index (χ2n) is 6.40. The van der Waals surface area contributed by atoms with Crippen molar-refractivity contribution in [1.82, 2.24) is 10.0 Å². The normalized spacial score (nSPS) is 25.3. The van der Waals surface area contributed by atoms with E-state index in [0.29, 0.717) is 36.8 Å². The van der Waals surface area contributed by atoms with E-state index in [4.69, 9.17) is 9.47 Å². The lowest BCUT2D eigenvalue weighted by Crippen LogP contribution is -2.47. The zero-order chi connectivity index (χ0) is 17.2. The molecule has 6 nitrogen and oxygen atoms in total. The van der Waals surface area contributed by atoms with Crippen LogP contribution in [-0.4, -0.2) is 39.8 Å². The predicted octanol–water partition coefficient (Wildman–Crippen LogP) is 2.47. The van der Waals surface area contributed by atoms with Crippen molar-refractivity contribution in [3.63, 3.8) is 0 Å². The van der Waals surface area contributed by atoms with Gasteiger partial charge in [0.2, 0.25) is 10.0 Å². The quantitative estimate of drug-likeness (QED) is 0.747. The largest absolute Gasteiger partial charge is 0.490 e. The topological polar surface area (TPSA) is 76.7 Å². The van der Waals surface area contributed by atoms with Gasteiger partial charge in [0.15, 0.2) is 11.5 Å². The molecule has 2 saturated heterocycles. The Morgan fingerprint density at radius 2 is 1.68 bits per heavy atom. The molecule has 2 heterocycles. The summed E-state index contributed by atoms with van der Waals surface area (Å²) in [7, 11) is -3.56. The Morgan fingerprint density at radius 1 is 1.08 bits per heavy atom. The van der Waals surface area contributed by atoms with Gasteiger partial charge in [0, 0.05) is 24.2 Å². The number of fused-ring (bicyclic) bond motifs is 2. The minimum absolute atomic E-state index is 0. The molecule has 1 aromatic rings. The number of ether oxygens (including phenoxy) is 2. The summed E-state index contributed by atoms with van der Waals surface area (Å²) in [6.07, 6.45) is 3.98. The van der Waals surface area contributed by atoms with Crippen molar-refractivity contribution in [2.24, 2.45) is 0 Å². The fraction of sp³-hybridized carbons (Fsp3) is 0.647. The number of hydrogen-bond donors (Lipinski definition) is 2. The number of nitrogens with one attached hydrogen (secondary N) is 2. The molecule has 1 aromatic carbocycles. The van der Waals surface area contributed by atoms with E-state index in [1.807, 2.05) is 13.8 Å². The molecule has 2 aliphatic heterocycles. The number of rotatable bonds is 7. The second kappa shape index (κ2) is 8.58. The third-order valence-electron chi connectivity index (χ3n) is 4.62. The highest BCUT2D eigenvalue weighted by atomic mass is 35.5. The van der Waals surface area contributed by atoms with Crippen molar-refractivity contribution in [3.8, 4) is 11.5 Å². The Morgan fingerprint density at radius 3 is 2.28 bits per heavy atom. The lowest BCUT2D eigenvalue weighted by Gasteiger charge is -2.29. The molecule has 2 unspecified atom stereocenters. The molecule has 3 rings (SSSR count). The van der Waals surface area contributed by atoms with Crippen molar-refractivity contribution in [2.45, 2.75) is 62.6 Å². The van der Waals surface area contributed by atoms with Crippen LogP contribution in [0.25, 0.3) is 0 Å². The monoisotopic (exact) mass is 390 g/mol. The summed E-state index contributed by atoms with van der Waals surface area (Å²) in [5.74, 6) is 1.03. The molecule has 2 N–H and O–H groups in total. The summed E-state index contributed by atoms with van der Waals surface area (Å²) in [6, 6.07) is 5.66. The van der Waals surface area contributed by atoms with Crippen LogP contribution in [0.5, 0.6) is 11.5 Å². The molecule has 2 bridgehead atoms. The molecule has 25 heavy (non-hydrogen) atoms. The molecule has 0 radical (unpaired) electrons. The van der Waals surface area contributed by atoms with Crippen LogP contribution in [-0.2, 0) is 10.0 Å². The van der Waals surface area contributed by atoms with Crippen LogP contribution in [0.4, 0.5) is 0 Å². The van der Waals surface area contributed by atoms with Crippen molar-refractivity contribution in [1.29, 1.82) is 0 Å². The molecule has 0 spiro atoms. The van der Waals surface area contributed by atoms with Gasteiger partial charge >= 0.3 is 0 Å². The SMILES string of the molecule is CCOc1ccc(S(=O)(=O)NC2CC3CCC(C2)N3)cc1OCC.Cl. The number of benzene rings is 1. The summed E-state index contributed by atoms with van der Waals surface area (Å²) in [5.41, 5.74) is 0. The van der Waals surface area contributed by atoms with E-state index in [2.05, 4.69) is 10.0 Å². The number of piperidine rings is 1. The van der Waals surface area contributed by atoms with Crippen molar-refractivity contribution in [2.75, 3.05) is 13.2 Å². The van der Waals surface area contributed by atoms with Crippen LogP contribution in [0.2, 0.25) is 0 Å². The van der Waals surface area contributed by atoms with Gasteiger partial charge in [-0.1, -0.05) is 0 Å². The molecular weight excluding hydrogens is 364 g/mol. The average Bonchev–Trinajstić information content (AvgIpc) is 2.88. The molecule has 142 valence electrons. The zero-order valence-corrected chi connectivity index (χ0v) is 16.3. The Labute approximate surface area is 156 Å². The first-order chi connectivity index (χ1) is 11.5. The van der Waals surface area contributed by atoms with E-state index in [0.717, 1.165) is 25.7 Å². The molecular formula is C17H27ClN2O4S. The fourth-order valence-electron chi connectivity index (χ4n) is 3.64. The van der Waals surface area contributed by atoms with Gasteiger partial charge in [-0.2, -0.15) is 0 Å². The summed E-state index contributed by atoms with van der Waals surface area (Å²) in [4.78, 5) is 0.222. The first kappa shape index (κ1) is 20.3. The van der Waals surface area contributed by atoms with Crippen LogP contribution in [0.1, 0.15) is 39.5 Å². The third kappa shape index (κ3) is 4.78. The smallest absolute Gasteiger partial charge is 0.240 e. The molecule has 0 aromatic heterocycles. The summed E-state index contributed by atoms with van der Waals surface area (Å²) in [6.45, 7) is 4.70. The first-order valence-electron chi connectivity index (χ1n) is 8.69. The zero-order valence-electron chi connectivity index (χ0n) is 14.7. The highest BCUT2D eigenvalue weighted by molar-refractivity contribution is 7.89. The van der Waals surface area contributed by atoms with Crippen LogP contribution in [0, 0.1) is 0 Å². The van der Waals surface area contributed by atoms with E-state index >= 15 is 0 Å². The van der Waals surface area contributed by atoms with E-state index in [9.17, 15) is 8.42 Å². The standard InChI is InChI=1S/C17H26N2O4S.ClH/c1-3-22-16-8-7-15(11-17(16)23-4-2)24(20,21)19-14-9-12-5-6-13(10-14)18-12;/h7-8,11-14,18-19H,3-6,9-10H2,1-2H3;1H. The third-order valence-corrected chi connectivity index (χ3v) is 6.14. The number of hydrogen-bond acceptors (Lipinski definition) is 5. The number of sulfonamides is 1. The summed E-state index contributed by atoms with van der Waals surface area (Å²) in [5, 5.41) is 3.52. The maximum absolute atomic E-state index is 12.7. The average molecular weight is 391 g/mol. The Hall–Kier alpha value is -1.02. The van der Waals surface area contributed by atoms with Crippen LogP contribution < -0.4 is 19.5 Å². The summed E-state index contributed by atoms with van der Waals surface area (Å²) >= 11 is 0. The molecule has 0 amide bonds. The molecule has 2 fully saturated rings. The summed E-state index contributed by atoms with van der Waals surface area (Å²) < 4.78 is 39.4. The van der Waals surface area contributed by atoms with E-state index in [1.54, 1.807) is 18.2 Å². The second-order valence-corrected chi connectivity index (χ2v) is 8.12. The van der Waals surface area contributed by atoms with E-state index in [1.165, 1.54) is 0 Å².